The molecule has 0 saturated carbocycles. The number of rotatable bonds is 6. The number of primary sulfonamides is 1. The van der Waals surface area contributed by atoms with Crippen molar-refractivity contribution < 1.29 is 21.7 Å². The van der Waals surface area contributed by atoms with Crippen molar-refractivity contribution in [3.63, 3.8) is 0 Å². The molecule has 7 nitrogen and oxygen atoms in total. The first-order valence-corrected chi connectivity index (χ1v) is 8.42. The lowest BCUT2D eigenvalue weighted by Crippen LogP contribution is -2.26. The zero-order valence-electron chi connectivity index (χ0n) is 10.5. The maximum Gasteiger partial charge on any atom is 0.262 e. The fourth-order valence-electron chi connectivity index (χ4n) is 1.14. The van der Waals surface area contributed by atoms with E-state index in [1.807, 2.05) is 18.7 Å². The molecule has 0 unspecified atom stereocenters. The number of hydrogen-bond donors (Lipinski definition) is 2. The topological polar surface area (TPSA) is 116 Å². The van der Waals surface area contributed by atoms with Crippen molar-refractivity contribution in [1.82, 2.24) is 4.89 Å². The van der Waals surface area contributed by atoms with Crippen molar-refractivity contribution in [1.29, 1.82) is 0 Å². The summed E-state index contributed by atoms with van der Waals surface area (Å²) < 4.78 is 45.9. The normalized spacial score (nSPS) is 12.8. The van der Waals surface area contributed by atoms with E-state index in [2.05, 4.69) is 0 Å². The lowest BCUT2D eigenvalue weighted by molar-refractivity contribution is 0.0718. The van der Waals surface area contributed by atoms with Crippen molar-refractivity contribution in [3.05, 3.63) is 24.3 Å². The second-order valence-corrected chi connectivity index (χ2v) is 7.52. The molecule has 1 rings (SSSR count). The number of nitrogens with one attached hydrogen (secondary N) is 1. The van der Waals surface area contributed by atoms with Crippen LogP contribution in [0.1, 0.15) is 13.8 Å². The zero-order chi connectivity index (χ0) is 14.7. The van der Waals surface area contributed by atoms with Crippen molar-refractivity contribution in [3.8, 4) is 0 Å². The molecule has 108 valence electrons. The minimum atomic E-state index is -3.95. The van der Waals surface area contributed by atoms with Gasteiger partial charge in [-0.3, -0.25) is 4.84 Å². The van der Waals surface area contributed by atoms with E-state index in [1.165, 1.54) is 18.2 Å². The maximum atomic E-state index is 11.8. The Morgan fingerprint density at radius 3 is 2.32 bits per heavy atom. The minimum absolute atomic E-state index is 0.151. The Labute approximate surface area is 112 Å². The number of hydrogen-bond acceptors (Lipinski definition) is 5. The van der Waals surface area contributed by atoms with Gasteiger partial charge in [-0.1, -0.05) is 24.8 Å². The molecule has 0 bridgehead atoms. The summed E-state index contributed by atoms with van der Waals surface area (Å²) in [5, 5.41) is 4.93. The van der Waals surface area contributed by atoms with Gasteiger partial charge in [0.1, 0.15) is 0 Å². The highest BCUT2D eigenvalue weighted by Crippen LogP contribution is 2.14. The van der Waals surface area contributed by atoms with Gasteiger partial charge < -0.3 is 0 Å². The third-order valence-corrected chi connectivity index (χ3v) is 4.15. The van der Waals surface area contributed by atoms with E-state index in [-0.39, 0.29) is 22.3 Å². The maximum absolute atomic E-state index is 11.8. The molecule has 0 amide bonds. The van der Waals surface area contributed by atoms with Gasteiger partial charge in [-0.2, -0.15) is 0 Å². The van der Waals surface area contributed by atoms with Gasteiger partial charge in [-0.05, 0) is 24.1 Å². The van der Waals surface area contributed by atoms with E-state index in [9.17, 15) is 16.8 Å². The first-order chi connectivity index (χ1) is 8.63. The fourth-order valence-corrected chi connectivity index (χ4v) is 2.64. The van der Waals surface area contributed by atoms with Crippen LogP contribution in [0.3, 0.4) is 0 Å². The molecule has 0 aliphatic rings. The van der Waals surface area contributed by atoms with Crippen molar-refractivity contribution in [2.24, 2.45) is 11.1 Å². The first kappa shape index (κ1) is 16.1. The molecule has 0 aromatic heterocycles. The predicted molar refractivity (Wildman–Crippen MR) is 68.9 cm³/mol. The van der Waals surface area contributed by atoms with Crippen LogP contribution >= 0.6 is 0 Å². The molecule has 0 radical (unpaired) electrons. The van der Waals surface area contributed by atoms with Crippen LogP contribution in [-0.2, 0) is 24.9 Å². The third kappa shape index (κ3) is 4.88. The Hall–Kier alpha value is -1.00. The van der Waals surface area contributed by atoms with E-state index < -0.39 is 20.0 Å². The number of nitrogens with two attached hydrogens (primary N) is 1. The lowest BCUT2D eigenvalue weighted by atomic mass is 10.2. The number of benzene rings is 1. The summed E-state index contributed by atoms with van der Waals surface area (Å²) in [5.41, 5.74) is 0. The molecular formula is C10H16N2O5S2. The highest BCUT2D eigenvalue weighted by atomic mass is 32.2. The Balaban J connectivity index is 2.96. The Kier molecular flexibility index (Phi) is 5.04. The highest BCUT2D eigenvalue weighted by molar-refractivity contribution is 7.90. The van der Waals surface area contributed by atoms with Gasteiger partial charge in [-0.25, -0.2) is 22.0 Å². The molecule has 0 atom stereocenters. The van der Waals surface area contributed by atoms with Crippen LogP contribution < -0.4 is 10.0 Å². The largest absolute Gasteiger partial charge is 0.287 e. The third-order valence-electron chi connectivity index (χ3n) is 2.03. The molecule has 0 aliphatic heterocycles. The summed E-state index contributed by atoms with van der Waals surface area (Å²) in [5.74, 6) is 0.151. The van der Waals surface area contributed by atoms with Gasteiger partial charge in [0.05, 0.1) is 16.4 Å². The van der Waals surface area contributed by atoms with E-state index in [0.29, 0.717) is 0 Å². The fraction of sp³-hybridized carbons (Fsp3) is 0.400. The Bertz CT molecular complexity index is 638. The lowest BCUT2D eigenvalue weighted by Gasteiger charge is -2.09. The molecule has 0 aliphatic carbocycles. The molecule has 19 heavy (non-hydrogen) atoms. The average molecular weight is 308 g/mol. The van der Waals surface area contributed by atoms with E-state index in [1.54, 1.807) is 0 Å². The minimum Gasteiger partial charge on any atom is -0.287 e. The second kappa shape index (κ2) is 5.97. The van der Waals surface area contributed by atoms with Crippen LogP contribution in [0.5, 0.6) is 0 Å². The van der Waals surface area contributed by atoms with Crippen LogP contribution in [0.2, 0.25) is 0 Å². The van der Waals surface area contributed by atoms with Crippen LogP contribution in [-0.4, -0.2) is 23.4 Å². The highest BCUT2D eigenvalue weighted by Gasteiger charge is 2.17. The van der Waals surface area contributed by atoms with Gasteiger partial charge in [0.2, 0.25) is 10.0 Å². The SMILES string of the molecule is CC(C)CONS(=O)(=O)c1cccc(S(N)(=O)=O)c1. The average Bonchev–Trinajstić information content (AvgIpc) is 2.27. The molecular weight excluding hydrogens is 292 g/mol. The monoisotopic (exact) mass is 308 g/mol. The molecule has 3 N–H and O–H groups in total. The van der Waals surface area contributed by atoms with Crippen molar-refractivity contribution in [2.75, 3.05) is 6.61 Å². The summed E-state index contributed by atoms with van der Waals surface area (Å²) in [4.78, 5) is 6.23. The van der Waals surface area contributed by atoms with Crippen LogP contribution in [0, 0.1) is 5.92 Å². The molecule has 0 fully saturated rings. The summed E-state index contributed by atoms with van der Waals surface area (Å²) in [7, 11) is -7.88. The van der Waals surface area contributed by atoms with E-state index in [0.717, 1.165) is 6.07 Å². The van der Waals surface area contributed by atoms with Gasteiger partial charge >= 0.3 is 0 Å². The van der Waals surface area contributed by atoms with E-state index in [4.69, 9.17) is 9.98 Å². The van der Waals surface area contributed by atoms with Gasteiger partial charge in [0, 0.05) is 0 Å². The smallest absolute Gasteiger partial charge is 0.262 e. The molecule has 0 saturated heterocycles. The molecule has 1 aromatic carbocycles. The molecule has 1 aromatic rings. The second-order valence-electron chi connectivity index (χ2n) is 4.31. The summed E-state index contributed by atoms with van der Waals surface area (Å²) in [6.45, 7) is 3.92. The Morgan fingerprint density at radius 2 is 1.79 bits per heavy atom. The summed E-state index contributed by atoms with van der Waals surface area (Å²) in [6.07, 6.45) is 0. The standard InChI is InChI=1S/C10H16N2O5S2/c1-8(2)7-17-12-19(15,16)10-5-3-4-9(6-10)18(11,13)14/h3-6,8,12H,7H2,1-2H3,(H2,11,13,14). The van der Waals surface area contributed by atoms with Gasteiger partial charge in [-0.15, -0.1) is 0 Å². The number of sulfonamides is 2. The summed E-state index contributed by atoms with van der Waals surface area (Å²) >= 11 is 0. The quantitative estimate of drug-likeness (QED) is 0.728. The molecule has 0 spiro atoms. The summed E-state index contributed by atoms with van der Waals surface area (Å²) in [6, 6.07) is 4.71. The molecule has 9 heteroatoms. The van der Waals surface area contributed by atoms with Gasteiger partial charge in [0.15, 0.2) is 0 Å². The molecule has 0 heterocycles. The van der Waals surface area contributed by atoms with E-state index >= 15 is 0 Å². The van der Waals surface area contributed by atoms with Crippen molar-refractivity contribution in [2.45, 2.75) is 23.6 Å². The van der Waals surface area contributed by atoms with Gasteiger partial charge in [0.25, 0.3) is 10.0 Å². The zero-order valence-corrected chi connectivity index (χ0v) is 12.2. The van der Waals surface area contributed by atoms with Crippen LogP contribution in [0.15, 0.2) is 34.1 Å². The first-order valence-electron chi connectivity index (χ1n) is 5.39. The van der Waals surface area contributed by atoms with Crippen LogP contribution in [0.25, 0.3) is 0 Å². The van der Waals surface area contributed by atoms with Crippen LogP contribution in [0.4, 0.5) is 0 Å². The van der Waals surface area contributed by atoms with Crippen molar-refractivity contribution >= 4 is 20.0 Å². The Morgan fingerprint density at radius 1 is 1.21 bits per heavy atom. The predicted octanol–water partition coefficient (Wildman–Crippen LogP) is 0.200.